The molecule has 0 aromatic rings. The van der Waals surface area contributed by atoms with Gasteiger partial charge in [-0.1, -0.05) is 27.2 Å². The first-order valence-corrected chi connectivity index (χ1v) is 7.14. The smallest absolute Gasteiger partial charge is 0.224 e. The van der Waals surface area contributed by atoms with Crippen LogP contribution in [0, 0.1) is 11.8 Å². The number of rotatable bonds is 5. The molecule has 0 aliphatic heterocycles. The third-order valence-electron chi connectivity index (χ3n) is 3.98. The van der Waals surface area contributed by atoms with E-state index in [1.165, 1.54) is 0 Å². The van der Waals surface area contributed by atoms with Gasteiger partial charge in [-0.3, -0.25) is 4.79 Å². The van der Waals surface area contributed by atoms with Gasteiger partial charge in [0, 0.05) is 12.1 Å². The Labute approximate surface area is 106 Å². The third kappa shape index (κ3) is 4.30. The molecule has 0 heterocycles. The van der Waals surface area contributed by atoms with E-state index in [1.807, 2.05) is 0 Å². The zero-order valence-electron chi connectivity index (χ0n) is 11.5. The molecule has 4 atom stereocenters. The van der Waals surface area contributed by atoms with Crippen LogP contribution in [0.2, 0.25) is 0 Å². The predicted molar refractivity (Wildman–Crippen MR) is 71.6 cm³/mol. The van der Waals surface area contributed by atoms with E-state index in [4.69, 9.17) is 5.73 Å². The van der Waals surface area contributed by atoms with Crippen LogP contribution in [0.5, 0.6) is 0 Å². The highest BCUT2D eigenvalue weighted by Gasteiger charge is 2.31. The zero-order chi connectivity index (χ0) is 12.8. The summed E-state index contributed by atoms with van der Waals surface area (Å²) < 4.78 is 0. The van der Waals surface area contributed by atoms with E-state index in [9.17, 15) is 4.79 Å². The van der Waals surface area contributed by atoms with Gasteiger partial charge in [0.2, 0.25) is 5.91 Å². The fraction of sp³-hybridized carbons (Fsp3) is 0.929. The Morgan fingerprint density at radius 3 is 2.71 bits per heavy atom. The fourth-order valence-electron chi connectivity index (χ4n) is 2.74. The molecule has 1 aliphatic rings. The average Bonchev–Trinajstić information content (AvgIpc) is 2.31. The molecule has 1 amide bonds. The molecule has 1 saturated carbocycles. The van der Waals surface area contributed by atoms with Gasteiger partial charge >= 0.3 is 0 Å². The van der Waals surface area contributed by atoms with Crippen LogP contribution in [0.25, 0.3) is 0 Å². The summed E-state index contributed by atoms with van der Waals surface area (Å²) in [5.41, 5.74) is 6.07. The molecule has 3 N–H and O–H groups in total. The van der Waals surface area contributed by atoms with Crippen LogP contribution in [0.4, 0.5) is 0 Å². The van der Waals surface area contributed by atoms with Crippen molar-refractivity contribution in [3.63, 3.8) is 0 Å². The van der Waals surface area contributed by atoms with Crippen LogP contribution in [0.1, 0.15) is 59.3 Å². The lowest BCUT2D eigenvalue weighted by atomic mass is 9.78. The molecule has 1 fully saturated rings. The molecule has 0 aromatic heterocycles. The molecule has 0 aromatic carbocycles. The Morgan fingerprint density at radius 1 is 1.41 bits per heavy atom. The van der Waals surface area contributed by atoms with Crippen molar-refractivity contribution in [1.82, 2.24) is 5.32 Å². The third-order valence-corrected chi connectivity index (χ3v) is 3.98. The first-order valence-electron chi connectivity index (χ1n) is 7.14. The number of hydrogen-bond acceptors (Lipinski definition) is 2. The number of hydrogen-bond donors (Lipinski definition) is 2. The van der Waals surface area contributed by atoms with Crippen LogP contribution < -0.4 is 11.1 Å². The van der Waals surface area contributed by atoms with Crippen molar-refractivity contribution in [3.8, 4) is 0 Å². The number of amides is 1. The second kappa shape index (κ2) is 7.00. The molecule has 0 saturated heterocycles. The summed E-state index contributed by atoms with van der Waals surface area (Å²) in [4.78, 5) is 12.2. The van der Waals surface area contributed by atoms with Crippen LogP contribution in [0.3, 0.4) is 0 Å². The fourth-order valence-corrected chi connectivity index (χ4v) is 2.74. The van der Waals surface area contributed by atoms with Crippen LogP contribution in [-0.2, 0) is 4.79 Å². The van der Waals surface area contributed by atoms with Crippen LogP contribution in [-0.4, -0.2) is 18.0 Å². The summed E-state index contributed by atoms with van der Waals surface area (Å²) in [6, 6.07) is 0.391. The van der Waals surface area contributed by atoms with Gasteiger partial charge in [0.05, 0.1) is 5.92 Å². The maximum absolute atomic E-state index is 12.2. The lowest BCUT2D eigenvalue weighted by molar-refractivity contribution is -0.127. The first kappa shape index (κ1) is 14.5. The minimum atomic E-state index is 0.0321. The van der Waals surface area contributed by atoms with Crippen molar-refractivity contribution in [2.75, 3.05) is 0 Å². The Bertz CT molecular complexity index is 242. The average molecular weight is 240 g/mol. The largest absolute Gasteiger partial charge is 0.353 e. The van der Waals surface area contributed by atoms with Gasteiger partial charge in [-0.25, -0.2) is 0 Å². The quantitative estimate of drug-likeness (QED) is 0.775. The van der Waals surface area contributed by atoms with Gasteiger partial charge in [0.15, 0.2) is 0 Å². The van der Waals surface area contributed by atoms with Crippen LogP contribution >= 0.6 is 0 Å². The van der Waals surface area contributed by atoms with E-state index < -0.39 is 0 Å². The van der Waals surface area contributed by atoms with E-state index >= 15 is 0 Å². The first-order chi connectivity index (χ1) is 8.08. The highest BCUT2D eigenvalue weighted by Crippen LogP contribution is 2.28. The summed E-state index contributed by atoms with van der Waals surface area (Å²) in [6.45, 7) is 6.50. The summed E-state index contributed by atoms with van der Waals surface area (Å²) >= 11 is 0. The SMILES string of the molecule is CCCC(CC)NC(=O)C1CC(C)CCC1N. The lowest BCUT2D eigenvalue weighted by Gasteiger charge is -2.32. The summed E-state index contributed by atoms with van der Waals surface area (Å²) in [5.74, 6) is 0.853. The standard InChI is InChI=1S/C14H28N2O/c1-4-6-11(5-2)16-14(17)12-9-10(3)7-8-13(12)15/h10-13H,4-9,15H2,1-3H3,(H,16,17). The molecule has 3 nitrogen and oxygen atoms in total. The number of nitrogens with one attached hydrogen (secondary N) is 1. The predicted octanol–water partition coefficient (Wildman–Crippen LogP) is 2.44. The normalized spacial score (nSPS) is 30.9. The van der Waals surface area contributed by atoms with Crippen molar-refractivity contribution in [1.29, 1.82) is 0 Å². The van der Waals surface area contributed by atoms with E-state index in [2.05, 4.69) is 26.1 Å². The molecular formula is C14H28N2O. The van der Waals surface area contributed by atoms with E-state index in [-0.39, 0.29) is 17.9 Å². The summed E-state index contributed by atoms with van der Waals surface area (Å²) in [7, 11) is 0. The second-order valence-electron chi connectivity index (χ2n) is 5.59. The van der Waals surface area contributed by atoms with Gasteiger partial charge in [0.1, 0.15) is 0 Å². The minimum Gasteiger partial charge on any atom is -0.353 e. The van der Waals surface area contributed by atoms with Crippen molar-refractivity contribution >= 4 is 5.91 Å². The monoisotopic (exact) mass is 240 g/mol. The van der Waals surface area contributed by atoms with Gasteiger partial charge in [-0.05, 0) is 38.0 Å². The maximum atomic E-state index is 12.2. The van der Waals surface area contributed by atoms with E-state index in [1.54, 1.807) is 0 Å². The topological polar surface area (TPSA) is 55.1 Å². The Hall–Kier alpha value is -0.570. The van der Waals surface area contributed by atoms with Gasteiger partial charge in [-0.2, -0.15) is 0 Å². The molecule has 100 valence electrons. The van der Waals surface area contributed by atoms with Crippen LogP contribution in [0.15, 0.2) is 0 Å². The Morgan fingerprint density at radius 2 is 2.12 bits per heavy atom. The highest BCUT2D eigenvalue weighted by molar-refractivity contribution is 5.79. The summed E-state index contributed by atoms with van der Waals surface area (Å²) in [5, 5.41) is 3.17. The summed E-state index contributed by atoms with van der Waals surface area (Å²) in [6.07, 6.45) is 6.30. The molecule has 3 heteroatoms. The minimum absolute atomic E-state index is 0.0321. The highest BCUT2D eigenvalue weighted by atomic mass is 16.2. The molecule has 0 spiro atoms. The molecule has 4 unspecified atom stereocenters. The van der Waals surface area contributed by atoms with Gasteiger partial charge in [-0.15, -0.1) is 0 Å². The van der Waals surface area contributed by atoms with Crippen molar-refractivity contribution in [2.24, 2.45) is 17.6 Å². The Kier molecular flexibility index (Phi) is 5.96. The van der Waals surface area contributed by atoms with Gasteiger partial charge < -0.3 is 11.1 Å². The molecule has 0 bridgehead atoms. The number of carbonyl (C=O) groups excluding carboxylic acids is 1. The zero-order valence-corrected chi connectivity index (χ0v) is 11.5. The molecule has 1 aliphatic carbocycles. The molecule has 1 rings (SSSR count). The maximum Gasteiger partial charge on any atom is 0.224 e. The second-order valence-corrected chi connectivity index (χ2v) is 5.59. The number of carbonyl (C=O) groups is 1. The molecule has 0 radical (unpaired) electrons. The van der Waals surface area contributed by atoms with Gasteiger partial charge in [0.25, 0.3) is 0 Å². The van der Waals surface area contributed by atoms with Crippen molar-refractivity contribution < 1.29 is 4.79 Å². The lowest BCUT2D eigenvalue weighted by Crippen LogP contribution is -2.47. The van der Waals surface area contributed by atoms with E-state index in [0.29, 0.717) is 12.0 Å². The molecular weight excluding hydrogens is 212 g/mol. The van der Waals surface area contributed by atoms with E-state index in [0.717, 1.165) is 38.5 Å². The Balaban J connectivity index is 2.49. The number of nitrogens with two attached hydrogens (primary N) is 1. The van der Waals surface area contributed by atoms with Crippen molar-refractivity contribution in [3.05, 3.63) is 0 Å². The molecule has 17 heavy (non-hydrogen) atoms. The van der Waals surface area contributed by atoms with Crippen molar-refractivity contribution in [2.45, 2.75) is 71.4 Å².